The van der Waals surface area contributed by atoms with Gasteiger partial charge in [0.05, 0.1) is 31.3 Å². The van der Waals surface area contributed by atoms with Crippen LogP contribution < -0.4 is 0 Å². The number of ether oxygens (including phenoxy) is 2. The van der Waals surface area contributed by atoms with Gasteiger partial charge < -0.3 is 9.47 Å². The molecule has 3 rings (SSSR count). The number of halogens is 1. The Morgan fingerprint density at radius 2 is 1.29 bits per heavy atom. The first-order valence-electron chi connectivity index (χ1n) is 8.17. The van der Waals surface area contributed by atoms with E-state index in [1.807, 2.05) is 60.7 Å². The van der Waals surface area contributed by atoms with Crippen molar-refractivity contribution in [2.24, 2.45) is 11.8 Å². The van der Waals surface area contributed by atoms with Gasteiger partial charge in [-0.2, -0.15) is 0 Å². The lowest BCUT2D eigenvalue weighted by molar-refractivity contribution is -0.139. The molecule has 0 N–H and O–H groups in total. The van der Waals surface area contributed by atoms with E-state index in [2.05, 4.69) is 15.9 Å². The molecule has 0 unspecified atom stereocenters. The third-order valence-corrected chi connectivity index (χ3v) is 5.49. The number of rotatable bonds is 8. The summed E-state index contributed by atoms with van der Waals surface area (Å²) in [7, 11) is 0. The second-order valence-corrected chi connectivity index (χ2v) is 7.06. The van der Waals surface area contributed by atoms with Crippen molar-refractivity contribution in [1.82, 2.24) is 0 Å². The van der Waals surface area contributed by atoms with Crippen LogP contribution in [0, 0.1) is 11.8 Å². The SMILES string of the molecule is O=C1[C@@H](COCc2ccccc2)[C@H](COCc2ccccc2)[C@H]1Br. The van der Waals surface area contributed by atoms with Crippen molar-refractivity contribution in [3.63, 3.8) is 0 Å². The average Bonchev–Trinajstić information content (AvgIpc) is 2.64. The monoisotopic (exact) mass is 388 g/mol. The summed E-state index contributed by atoms with van der Waals surface area (Å²) in [5.41, 5.74) is 2.27. The van der Waals surface area contributed by atoms with Crippen LogP contribution in [0.1, 0.15) is 11.1 Å². The second-order valence-electron chi connectivity index (χ2n) is 6.08. The maximum Gasteiger partial charge on any atom is 0.152 e. The Labute approximate surface area is 151 Å². The van der Waals surface area contributed by atoms with Crippen molar-refractivity contribution in [3.05, 3.63) is 71.8 Å². The molecule has 1 aliphatic carbocycles. The van der Waals surface area contributed by atoms with Gasteiger partial charge in [-0.25, -0.2) is 0 Å². The highest BCUT2D eigenvalue weighted by Crippen LogP contribution is 2.37. The van der Waals surface area contributed by atoms with Gasteiger partial charge in [-0.15, -0.1) is 0 Å². The van der Waals surface area contributed by atoms with Crippen molar-refractivity contribution in [1.29, 1.82) is 0 Å². The van der Waals surface area contributed by atoms with E-state index < -0.39 is 0 Å². The topological polar surface area (TPSA) is 35.5 Å². The lowest BCUT2D eigenvalue weighted by atomic mass is 9.73. The highest BCUT2D eigenvalue weighted by Gasteiger charge is 2.48. The van der Waals surface area contributed by atoms with E-state index in [0.717, 1.165) is 11.1 Å². The molecule has 0 radical (unpaired) electrons. The molecule has 4 heteroatoms. The first kappa shape index (κ1) is 17.3. The van der Waals surface area contributed by atoms with E-state index in [0.29, 0.717) is 26.4 Å². The van der Waals surface area contributed by atoms with E-state index in [4.69, 9.17) is 9.47 Å². The summed E-state index contributed by atoms with van der Waals surface area (Å²) in [6.45, 7) is 2.13. The van der Waals surface area contributed by atoms with E-state index in [-0.39, 0.29) is 22.4 Å². The van der Waals surface area contributed by atoms with Gasteiger partial charge in [0.1, 0.15) is 0 Å². The minimum atomic E-state index is -0.112. The smallest absolute Gasteiger partial charge is 0.152 e. The van der Waals surface area contributed by atoms with Crippen LogP contribution >= 0.6 is 15.9 Å². The van der Waals surface area contributed by atoms with Crippen molar-refractivity contribution in [2.75, 3.05) is 13.2 Å². The first-order valence-corrected chi connectivity index (χ1v) is 9.08. The molecule has 3 nitrogen and oxygen atoms in total. The largest absolute Gasteiger partial charge is 0.376 e. The Kier molecular flexibility index (Phi) is 6.18. The molecule has 24 heavy (non-hydrogen) atoms. The van der Waals surface area contributed by atoms with Crippen molar-refractivity contribution in [3.8, 4) is 0 Å². The molecule has 1 saturated carbocycles. The number of carbonyl (C=O) groups excluding carboxylic acids is 1. The zero-order chi connectivity index (χ0) is 16.8. The highest BCUT2D eigenvalue weighted by atomic mass is 79.9. The number of ketones is 1. The van der Waals surface area contributed by atoms with E-state index in [1.54, 1.807) is 0 Å². The Morgan fingerprint density at radius 3 is 1.83 bits per heavy atom. The fourth-order valence-electron chi connectivity index (χ4n) is 2.88. The molecular weight excluding hydrogens is 368 g/mol. The molecule has 0 amide bonds. The van der Waals surface area contributed by atoms with Gasteiger partial charge in [-0.3, -0.25) is 4.79 Å². The molecule has 0 aromatic heterocycles. The van der Waals surface area contributed by atoms with Gasteiger partial charge in [-0.05, 0) is 11.1 Å². The highest BCUT2D eigenvalue weighted by molar-refractivity contribution is 9.10. The van der Waals surface area contributed by atoms with E-state index >= 15 is 0 Å². The molecule has 2 aromatic carbocycles. The van der Waals surface area contributed by atoms with Gasteiger partial charge in [0.15, 0.2) is 5.78 Å². The summed E-state index contributed by atoms with van der Waals surface area (Å²) in [5, 5.41) is 0. The molecule has 0 spiro atoms. The zero-order valence-electron chi connectivity index (χ0n) is 13.4. The van der Waals surface area contributed by atoms with Crippen LogP contribution in [0.5, 0.6) is 0 Å². The van der Waals surface area contributed by atoms with Gasteiger partial charge in [0.2, 0.25) is 0 Å². The van der Waals surface area contributed by atoms with Crippen LogP contribution in [0.3, 0.4) is 0 Å². The number of carbonyl (C=O) groups is 1. The van der Waals surface area contributed by atoms with Crippen LogP contribution in [0.15, 0.2) is 60.7 Å². The lowest BCUT2D eigenvalue weighted by Crippen LogP contribution is -2.52. The summed E-state index contributed by atoms with van der Waals surface area (Å²) in [4.78, 5) is 12.0. The van der Waals surface area contributed by atoms with E-state index in [1.165, 1.54) is 0 Å². The molecule has 0 aliphatic heterocycles. The number of hydrogen-bond acceptors (Lipinski definition) is 3. The van der Waals surface area contributed by atoms with Gasteiger partial charge >= 0.3 is 0 Å². The Hall–Kier alpha value is -1.49. The minimum absolute atomic E-state index is 0.0751. The van der Waals surface area contributed by atoms with Gasteiger partial charge in [-0.1, -0.05) is 76.6 Å². The first-order chi connectivity index (χ1) is 11.8. The molecule has 0 heterocycles. The average molecular weight is 389 g/mol. The molecule has 2 aromatic rings. The number of alkyl halides is 1. The van der Waals surface area contributed by atoms with Crippen LogP contribution in [-0.2, 0) is 27.5 Å². The van der Waals surface area contributed by atoms with Crippen molar-refractivity contribution >= 4 is 21.7 Å². The predicted molar refractivity (Wildman–Crippen MR) is 96.9 cm³/mol. The summed E-state index contributed by atoms with van der Waals surface area (Å²) in [6.07, 6.45) is 0. The molecule has 126 valence electrons. The van der Waals surface area contributed by atoms with Crippen molar-refractivity contribution < 1.29 is 14.3 Å². The zero-order valence-corrected chi connectivity index (χ0v) is 15.0. The predicted octanol–water partition coefficient (Wildman–Crippen LogP) is 4.00. The minimum Gasteiger partial charge on any atom is -0.376 e. The van der Waals surface area contributed by atoms with Crippen LogP contribution in [0.25, 0.3) is 0 Å². The maximum absolute atomic E-state index is 12.1. The Morgan fingerprint density at radius 1 is 0.792 bits per heavy atom. The second kappa shape index (κ2) is 8.56. The van der Waals surface area contributed by atoms with E-state index in [9.17, 15) is 4.79 Å². The number of hydrogen-bond donors (Lipinski definition) is 0. The Bertz CT molecular complexity index is 644. The third kappa shape index (κ3) is 4.32. The molecule has 0 bridgehead atoms. The third-order valence-electron chi connectivity index (χ3n) is 4.36. The number of benzene rings is 2. The van der Waals surface area contributed by atoms with Crippen molar-refractivity contribution in [2.45, 2.75) is 18.0 Å². The number of Topliss-reactive ketones (excluding diaryl/α,β-unsaturated/α-hetero) is 1. The summed E-state index contributed by atoms with van der Waals surface area (Å²) in [5.74, 6) is 0.321. The standard InChI is InChI=1S/C20H21BrO3/c21-19-17(13-23-11-15-7-3-1-4-8-15)18(20(19)22)14-24-12-16-9-5-2-6-10-16/h1-10,17-19H,11-14H2/t17-,18-,19+/m0/s1. The van der Waals surface area contributed by atoms with Crippen LogP contribution in [0.2, 0.25) is 0 Å². The lowest BCUT2D eigenvalue weighted by Gasteiger charge is -2.39. The van der Waals surface area contributed by atoms with Crippen LogP contribution in [0.4, 0.5) is 0 Å². The fourth-order valence-corrected chi connectivity index (χ4v) is 3.74. The quantitative estimate of drug-likeness (QED) is 0.641. The fraction of sp³-hybridized carbons (Fsp3) is 0.350. The normalized spacial score (nSPS) is 23.0. The molecule has 3 atom stereocenters. The summed E-state index contributed by atoms with van der Waals surface area (Å²) >= 11 is 3.47. The van der Waals surface area contributed by atoms with Gasteiger partial charge in [0.25, 0.3) is 0 Å². The van der Waals surface area contributed by atoms with Crippen LogP contribution in [-0.4, -0.2) is 23.8 Å². The van der Waals surface area contributed by atoms with Gasteiger partial charge in [0, 0.05) is 11.8 Å². The molecule has 1 aliphatic rings. The maximum atomic E-state index is 12.1. The molecule has 0 saturated heterocycles. The summed E-state index contributed by atoms with van der Waals surface area (Å²) in [6, 6.07) is 20.1. The Balaban J connectivity index is 1.43. The molecule has 1 fully saturated rings. The molecular formula is C20H21BrO3. The summed E-state index contributed by atoms with van der Waals surface area (Å²) < 4.78 is 11.5.